The Balaban J connectivity index is 1.41. The SMILES string of the molecule is CCCCCCCCCCCC1=N/C(=C(\c2ccc(CCCCCCCCCCC)[nH]2)c2[nH]c(-c3ccc[nH]3)cc2OC)C=C1. The van der Waals surface area contributed by atoms with Gasteiger partial charge in [-0.3, -0.25) is 4.99 Å². The van der Waals surface area contributed by atoms with E-state index in [1.807, 2.05) is 12.3 Å². The molecule has 246 valence electrons. The smallest absolute Gasteiger partial charge is 0.145 e. The standard InChI is InChI=1S/C40H60N4O/c1-4-6-8-10-12-14-16-18-20-23-32-26-28-35(42-32)39(40-38(45-3)31-37(44-40)34-25-22-30-41-34)36-29-27-33(43-36)24-21-19-17-15-13-11-9-7-5-2/h22,25-31,41-42,44H,4-21,23-24H2,1-3H3/b39-36+. The van der Waals surface area contributed by atoms with Crippen LogP contribution < -0.4 is 4.74 Å². The van der Waals surface area contributed by atoms with Crippen LogP contribution in [0.2, 0.25) is 0 Å². The molecule has 1 aliphatic heterocycles. The van der Waals surface area contributed by atoms with Crippen molar-refractivity contribution in [3.8, 4) is 17.1 Å². The van der Waals surface area contributed by atoms with Crippen molar-refractivity contribution in [1.82, 2.24) is 15.0 Å². The second-order valence-corrected chi connectivity index (χ2v) is 13.0. The number of hydrogen-bond acceptors (Lipinski definition) is 2. The second kappa shape index (κ2) is 20.0. The summed E-state index contributed by atoms with van der Waals surface area (Å²) in [7, 11) is 1.75. The number of aromatic nitrogens is 3. The molecule has 5 heteroatoms. The van der Waals surface area contributed by atoms with E-state index in [-0.39, 0.29) is 0 Å². The predicted molar refractivity (Wildman–Crippen MR) is 193 cm³/mol. The highest BCUT2D eigenvalue weighted by Crippen LogP contribution is 2.38. The molecule has 4 heterocycles. The van der Waals surface area contributed by atoms with E-state index in [9.17, 15) is 0 Å². The minimum atomic E-state index is 0.827. The van der Waals surface area contributed by atoms with Gasteiger partial charge in [0, 0.05) is 23.7 Å². The number of unbranched alkanes of at least 4 members (excludes halogenated alkanes) is 16. The summed E-state index contributed by atoms with van der Waals surface area (Å²) in [6, 6.07) is 10.7. The molecule has 0 fully saturated rings. The molecule has 3 aromatic rings. The molecular formula is C40H60N4O. The number of ether oxygens (including phenoxy) is 1. The Morgan fingerprint density at radius 1 is 0.667 bits per heavy atom. The normalized spacial score (nSPS) is 14.0. The highest BCUT2D eigenvalue weighted by Gasteiger charge is 2.22. The van der Waals surface area contributed by atoms with Gasteiger partial charge >= 0.3 is 0 Å². The van der Waals surface area contributed by atoms with Gasteiger partial charge in [-0.25, -0.2) is 0 Å². The van der Waals surface area contributed by atoms with Crippen LogP contribution in [-0.2, 0) is 6.42 Å². The average Bonchev–Trinajstić information content (AvgIpc) is 3.88. The lowest BCUT2D eigenvalue weighted by atomic mass is 10.1. The van der Waals surface area contributed by atoms with Gasteiger partial charge in [-0.15, -0.1) is 0 Å². The fourth-order valence-corrected chi connectivity index (χ4v) is 6.48. The molecule has 0 saturated heterocycles. The van der Waals surface area contributed by atoms with Crippen molar-refractivity contribution >= 4 is 11.3 Å². The van der Waals surface area contributed by atoms with Crippen LogP contribution in [0.1, 0.15) is 153 Å². The van der Waals surface area contributed by atoms with E-state index in [4.69, 9.17) is 9.73 Å². The first-order chi connectivity index (χ1) is 22.2. The molecule has 0 unspecified atom stereocenters. The average molecular weight is 613 g/mol. The van der Waals surface area contributed by atoms with Gasteiger partial charge in [-0.1, -0.05) is 117 Å². The summed E-state index contributed by atoms with van der Waals surface area (Å²) < 4.78 is 5.92. The summed E-state index contributed by atoms with van der Waals surface area (Å²) in [6.45, 7) is 4.57. The van der Waals surface area contributed by atoms with Gasteiger partial charge < -0.3 is 19.7 Å². The highest BCUT2D eigenvalue weighted by atomic mass is 16.5. The number of methoxy groups -OCH3 is 1. The van der Waals surface area contributed by atoms with Gasteiger partial charge in [0.25, 0.3) is 0 Å². The van der Waals surface area contributed by atoms with Crippen molar-refractivity contribution < 1.29 is 4.74 Å². The van der Waals surface area contributed by atoms with E-state index in [2.05, 4.69) is 65.2 Å². The van der Waals surface area contributed by atoms with Crippen LogP contribution >= 0.6 is 0 Å². The summed E-state index contributed by atoms with van der Waals surface area (Å²) in [5, 5.41) is 0. The summed E-state index contributed by atoms with van der Waals surface area (Å²) in [5.41, 5.74) is 8.64. The van der Waals surface area contributed by atoms with Crippen LogP contribution in [0.15, 0.2) is 59.4 Å². The Morgan fingerprint density at radius 3 is 1.89 bits per heavy atom. The number of allylic oxidation sites excluding steroid dienone is 2. The minimum Gasteiger partial charge on any atom is -0.494 e. The molecule has 0 atom stereocenters. The zero-order valence-corrected chi connectivity index (χ0v) is 28.6. The first kappa shape index (κ1) is 34.7. The van der Waals surface area contributed by atoms with Crippen LogP contribution in [0.25, 0.3) is 17.0 Å². The predicted octanol–water partition coefficient (Wildman–Crippen LogP) is 12.1. The second-order valence-electron chi connectivity index (χ2n) is 13.0. The van der Waals surface area contributed by atoms with Crippen molar-refractivity contribution in [2.45, 2.75) is 142 Å². The Morgan fingerprint density at radius 2 is 1.29 bits per heavy atom. The summed E-state index contributed by atoms with van der Waals surface area (Å²) in [6.07, 6.45) is 32.7. The fraction of sp³-hybridized carbons (Fsp3) is 0.575. The largest absolute Gasteiger partial charge is 0.494 e. The maximum atomic E-state index is 5.92. The number of H-pyrrole nitrogens is 3. The number of aryl methyl sites for hydroxylation is 1. The van der Waals surface area contributed by atoms with Gasteiger partial charge in [0.05, 0.1) is 41.2 Å². The van der Waals surface area contributed by atoms with Crippen LogP contribution in [0, 0.1) is 0 Å². The molecule has 0 bridgehead atoms. The minimum absolute atomic E-state index is 0.827. The Bertz CT molecular complexity index is 1320. The monoisotopic (exact) mass is 612 g/mol. The lowest BCUT2D eigenvalue weighted by molar-refractivity contribution is 0.414. The summed E-state index contributed by atoms with van der Waals surface area (Å²) in [4.78, 5) is 15.9. The van der Waals surface area contributed by atoms with Crippen molar-refractivity contribution in [1.29, 1.82) is 0 Å². The zero-order chi connectivity index (χ0) is 31.5. The molecule has 0 spiro atoms. The molecule has 3 aromatic heterocycles. The molecular weight excluding hydrogens is 552 g/mol. The summed E-state index contributed by atoms with van der Waals surface area (Å²) >= 11 is 0. The van der Waals surface area contributed by atoms with Crippen LogP contribution in [0.3, 0.4) is 0 Å². The molecule has 45 heavy (non-hydrogen) atoms. The molecule has 0 aromatic carbocycles. The van der Waals surface area contributed by atoms with Gasteiger partial charge in [0.15, 0.2) is 0 Å². The Kier molecular flexibility index (Phi) is 15.4. The molecule has 1 aliphatic rings. The molecule has 3 N–H and O–H groups in total. The molecule has 5 nitrogen and oxygen atoms in total. The number of aliphatic imine (C=N–C) groups is 1. The van der Waals surface area contributed by atoms with E-state index in [1.54, 1.807) is 7.11 Å². The number of rotatable bonds is 24. The van der Waals surface area contributed by atoms with Crippen molar-refractivity contribution in [3.05, 3.63) is 71.5 Å². The maximum absolute atomic E-state index is 5.92. The van der Waals surface area contributed by atoms with Crippen molar-refractivity contribution in [2.75, 3.05) is 7.11 Å². The maximum Gasteiger partial charge on any atom is 0.145 e. The van der Waals surface area contributed by atoms with Gasteiger partial charge in [-0.2, -0.15) is 0 Å². The third-order valence-electron chi connectivity index (χ3n) is 9.20. The van der Waals surface area contributed by atoms with Crippen LogP contribution in [-0.4, -0.2) is 27.8 Å². The van der Waals surface area contributed by atoms with Gasteiger partial charge in [-0.05, 0) is 62.1 Å². The van der Waals surface area contributed by atoms with E-state index >= 15 is 0 Å². The van der Waals surface area contributed by atoms with Crippen molar-refractivity contribution in [2.24, 2.45) is 4.99 Å². The first-order valence-electron chi connectivity index (χ1n) is 18.3. The molecule has 4 rings (SSSR count). The first-order valence-corrected chi connectivity index (χ1v) is 18.3. The van der Waals surface area contributed by atoms with Crippen LogP contribution in [0.5, 0.6) is 5.75 Å². The molecule has 0 amide bonds. The lowest BCUT2D eigenvalue weighted by Crippen LogP contribution is -1.97. The quantitative estimate of drug-likeness (QED) is 0.0865. The number of aromatic amines is 3. The van der Waals surface area contributed by atoms with Crippen molar-refractivity contribution in [3.63, 3.8) is 0 Å². The third-order valence-corrected chi connectivity index (χ3v) is 9.20. The molecule has 0 saturated carbocycles. The number of nitrogens with one attached hydrogen (secondary N) is 3. The van der Waals surface area contributed by atoms with E-state index in [1.165, 1.54) is 127 Å². The number of nitrogens with zero attached hydrogens (tertiary/aromatic N) is 1. The van der Waals surface area contributed by atoms with E-state index < -0.39 is 0 Å². The number of hydrogen-bond donors (Lipinski definition) is 3. The fourth-order valence-electron chi connectivity index (χ4n) is 6.48. The molecule has 0 radical (unpaired) electrons. The van der Waals surface area contributed by atoms with E-state index in [0.29, 0.717) is 0 Å². The van der Waals surface area contributed by atoms with Gasteiger partial charge in [0.2, 0.25) is 0 Å². The topological polar surface area (TPSA) is 69.0 Å². The van der Waals surface area contributed by atoms with Gasteiger partial charge in [0.1, 0.15) is 5.75 Å². The lowest BCUT2D eigenvalue weighted by Gasteiger charge is -2.10. The van der Waals surface area contributed by atoms with Crippen LogP contribution in [0.4, 0.5) is 0 Å². The van der Waals surface area contributed by atoms with E-state index in [0.717, 1.165) is 52.6 Å². The third kappa shape index (κ3) is 11.3. The Hall–Kier alpha value is -3.21. The Labute approximate surface area is 273 Å². The zero-order valence-electron chi connectivity index (χ0n) is 28.6. The highest BCUT2D eigenvalue weighted by molar-refractivity contribution is 6.01. The summed E-state index contributed by atoms with van der Waals surface area (Å²) in [5.74, 6) is 0.827. The molecule has 0 aliphatic carbocycles.